The Bertz CT molecular complexity index is 655. The lowest BCUT2D eigenvalue weighted by Gasteiger charge is -2.32. The average molecular weight is 296 g/mol. The van der Waals surface area contributed by atoms with Crippen molar-refractivity contribution in [2.24, 2.45) is 0 Å². The number of anilines is 3. The normalized spacial score (nSPS) is 18.2. The summed E-state index contributed by atoms with van der Waals surface area (Å²) < 4.78 is 5.42. The Labute approximate surface area is 130 Å². The van der Waals surface area contributed by atoms with Crippen LogP contribution in [0, 0.1) is 0 Å². The highest BCUT2D eigenvalue weighted by Crippen LogP contribution is 2.33. The summed E-state index contributed by atoms with van der Waals surface area (Å²) in [6, 6.07) is 10.7. The summed E-state index contributed by atoms with van der Waals surface area (Å²) >= 11 is 0. The van der Waals surface area contributed by atoms with Crippen LogP contribution in [-0.2, 0) is 11.2 Å². The molecule has 5 nitrogen and oxygen atoms in total. The van der Waals surface area contributed by atoms with Crippen molar-refractivity contribution < 1.29 is 4.74 Å². The molecule has 0 unspecified atom stereocenters. The van der Waals surface area contributed by atoms with Crippen molar-refractivity contribution in [3.8, 4) is 0 Å². The molecular formula is C17H20N4O. The number of nitrogens with zero attached hydrogens (tertiary/aromatic N) is 4. The Kier molecular flexibility index (Phi) is 3.64. The molecule has 114 valence electrons. The molecular weight excluding hydrogens is 276 g/mol. The first-order valence-corrected chi connectivity index (χ1v) is 7.92. The van der Waals surface area contributed by atoms with E-state index in [1.165, 1.54) is 11.3 Å². The Morgan fingerprint density at radius 1 is 0.955 bits per heavy atom. The monoisotopic (exact) mass is 296 g/mol. The first kappa shape index (κ1) is 13.5. The van der Waals surface area contributed by atoms with Crippen molar-refractivity contribution in [1.29, 1.82) is 0 Å². The first-order chi connectivity index (χ1) is 10.9. The van der Waals surface area contributed by atoms with Gasteiger partial charge in [-0.05, 0) is 24.5 Å². The second-order valence-electron chi connectivity index (χ2n) is 5.72. The second kappa shape index (κ2) is 5.93. The fraction of sp³-hybridized carbons (Fsp3) is 0.412. The van der Waals surface area contributed by atoms with Gasteiger partial charge in [-0.15, -0.1) is 0 Å². The third-order valence-electron chi connectivity index (χ3n) is 4.36. The van der Waals surface area contributed by atoms with Gasteiger partial charge in [0, 0.05) is 31.4 Å². The van der Waals surface area contributed by atoms with Crippen molar-refractivity contribution in [1.82, 2.24) is 9.97 Å². The summed E-state index contributed by atoms with van der Waals surface area (Å²) in [6.45, 7) is 4.34. The minimum atomic E-state index is 0.770. The van der Waals surface area contributed by atoms with E-state index >= 15 is 0 Å². The summed E-state index contributed by atoms with van der Waals surface area (Å²) in [5.41, 5.74) is 2.68. The molecule has 1 saturated heterocycles. The van der Waals surface area contributed by atoms with Crippen LogP contribution in [0.2, 0.25) is 0 Å². The fourth-order valence-electron chi connectivity index (χ4n) is 3.22. The molecule has 2 aromatic rings. The van der Waals surface area contributed by atoms with Crippen LogP contribution in [0.25, 0.3) is 0 Å². The Balaban J connectivity index is 1.66. The molecule has 0 aliphatic carbocycles. The number of morpholine rings is 1. The lowest BCUT2D eigenvalue weighted by Crippen LogP contribution is -2.37. The molecule has 0 radical (unpaired) electrons. The van der Waals surface area contributed by atoms with Crippen molar-refractivity contribution in [3.05, 3.63) is 42.2 Å². The van der Waals surface area contributed by atoms with Gasteiger partial charge in [0.05, 0.1) is 13.2 Å². The van der Waals surface area contributed by atoms with Gasteiger partial charge in [-0.1, -0.05) is 18.2 Å². The molecule has 3 heterocycles. The van der Waals surface area contributed by atoms with E-state index in [2.05, 4.69) is 50.1 Å². The standard InChI is InChI=1S/C17H20N4O/c1-2-6-15-14(4-1)5-3-7-21(15)17-12-16(18-13-19-17)20-8-10-22-11-9-20/h1-2,4,6,12-13H,3,5,7-11H2. The topological polar surface area (TPSA) is 41.5 Å². The van der Waals surface area contributed by atoms with E-state index in [0.717, 1.165) is 57.3 Å². The van der Waals surface area contributed by atoms with Crippen LogP contribution in [0.5, 0.6) is 0 Å². The summed E-state index contributed by atoms with van der Waals surface area (Å²) in [6.07, 6.45) is 3.99. The molecule has 1 aromatic carbocycles. The van der Waals surface area contributed by atoms with Crippen molar-refractivity contribution >= 4 is 17.3 Å². The minimum absolute atomic E-state index is 0.770. The molecule has 0 atom stereocenters. The molecule has 5 heteroatoms. The minimum Gasteiger partial charge on any atom is -0.378 e. The molecule has 0 bridgehead atoms. The number of aromatic nitrogens is 2. The number of ether oxygens (including phenoxy) is 1. The van der Waals surface area contributed by atoms with Crippen molar-refractivity contribution in [2.75, 3.05) is 42.6 Å². The Morgan fingerprint density at radius 3 is 2.68 bits per heavy atom. The van der Waals surface area contributed by atoms with Crippen molar-refractivity contribution in [2.45, 2.75) is 12.8 Å². The van der Waals surface area contributed by atoms with Crippen LogP contribution in [0.3, 0.4) is 0 Å². The second-order valence-corrected chi connectivity index (χ2v) is 5.72. The predicted molar refractivity (Wildman–Crippen MR) is 86.8 cm³/mol. The van der Waals surface area contributed by atoms with Crippen LogP contribution >= 0.6 is 0 Å². The average Bonchev–Trinajstić information content (AvgIpc) is 2.62. The first-order valence-electron chi connectivity index (χ1n) is 7.92. The van der Waals surface area contributed by atoms with Gasteiger partial charge in [-0.25, -0.2) is 9.97 Å². The van der Waals surface area contributed by atoms with Gasteiger partial charge in [0.2, 0.25) is 0 Å². The van der Waals surface area contributed by atoms with E-state index in [9.17, 15) is 0 Å². The zero-order valence-corrected chi connectivity index (χ0v) is 12.6. The summed E-state index contributed by atoms with van der Waals surface area (Å²) in [5, 5.41) is 0. The summed E-state index contributed by atoms with van der Waals surface area (Å²) in [7, 11) is 0. The third-order valence-corrected chi connectivity index (χ3v) is 4.36. The highest BCUT2D eigenvalue weighted by Gasteiger charge is 2.20. The molecule has 2 aliphatic rings. The highest BCUT2D eigenvalue weighted by atomic mass is 16.5. The molecule has 0 N–H and O–H groups in total. The molecule has 4 rings (SSSR count). The number of rotatable bonds is 2. The van der Waals surface area contributed by atoms with Crippen LogP contribution < -0.4 is 9.80 Å². The van der Waals surface area contributed by atoms with Crippen LogP contribution in [0.1, 0.15) is 12.0 Å². The van der Waals surface area contributed by atoms with Gasteiger partial charge in [-0.3, -0.25) is 0 Å². The predicted octanol–water partition coefficient (Wildman–Crippen LogP) is 2.40. The van der Waals surface area contributed by atoms with Crippen LogP contribution in [-0.4, -0.2) is 42.8 Å². The van der Waals surface area contributed by atoms with E-state index in [1.807, 2.05) is 0 Å². The lowest BCUT2D eigenvalue weighted by atomic mass is 10.0. The number of benzene rings is 1. The Morgan fingerprint density at radius 2 is 1.77 bits per heavy atom. The summed E-state index contributed by atoms with van der Waals surface area (Å²) in [5.74, 6) is 1.99. The van der Waals surface area contributed by atoms with Gasteiger partial charge < -0.3 is 14.5 Å². The number of hydrogen-bond donors (Lipinski definition) is 0. The number of para-hydroxylation sites is 1. The lowest BCUT2D eigenvalue weighted by molar-refractivity contribution is 0.122. The van der Waals surface area contributed by atoms with E-state index < -0.39 is 0 Å². The molecule has 0 spiro atoms. The SMILES string of the molecule is c1ccc2c(c1)CCCN2c1cc(N2CCOCC2)ncn1. The van der Waals surface area contributed by atoms with Gasteiger partial charge in [0.15, 0.2) is 0 Å². The smallest absolute Gasteiger partial charge is 0.138 e. The maximum atomic E-state index is 5.42. The van der Waals surface area contributed by atoms with E-state index in [4.69, 9.17) is 4.74 Å². The molecule has 2 aliphatic heterocycles. The molecule has 0 saturated carbocycles. The van der Waals surface area contributed by atoms with Crippen molar-refractivity contribution in [3.63, 3.8) is 0 Å². The number of aryl methyl sites for hydroxylation is 1. The van der Waals surface area contributed by atoms with Gasteiger partial charge >= 0.3 is 0 Å². The van der Waals surface area contributed by atoms with E-state index in [1.54, 1.807) is 6.33 Å². The third kappa shape index (κ3) is 2.52. The van der Waals surface area contributed by atoms with Gasteiger partial charge in [0.25, 0.3) is 0 Å². The zero-order valence-electron chi connectivity index (χ0n) is 12.6. The van der Waals surface area contributed by atoms with E-state index in [-0.39, 0.29) is 0 Å². The molecule has 0 amide bonds. The molecule has 22 heavy (non-hydrogen) atoms. The zero-order chi connectivity index (χ0) is 14.8. The van der Waals surface area contributed by atoms with E-state index in [0.29, 0.717) is 0 Å². The maximum absolute atomic E-state index is 5.42. The maximum Gasteiger partial charge on any atom is 0.138 e. The molecule has 1 aromatic heterocycles. The highest BCUT2D eigenvalue weighted by molar-refractivity contribution is 5.67. The summed E-state index contributed by atoms with van der Waals surface area (Å²) in [4.78, 5) is 13.5. The van der Waals surface area contributed by atoms with Gasteiger partial charge in [-0.2, -0.15) is 0 Å². The molecule has 1 fully saturated rings. The van der Waals surface area contributed by atoms with Crippen LogP contribution in [0.4, 0.5) is 17.3 Å². The number of fused-ring (bicyclic) bond motifs is 1. The quantitative estimate of drug-likeness (QED) is 0.851. The largest absolute Gasteiger partial charge is 0.378 e. The Hall–Kier alpha value is -2.14. The van der Waals surface area contributed by atoms with Gasteiger partial charge in [0.1, 0.15) is 18.0 Å². The van der Waals surface area contributed by atoms with Crippen LogP contribution in [0.15, 0.2) is 36.7 Å². The number of hydrogen-bond acceptors (Lipinski definition) is 5. The fourth-order valence-corrected chi connectivity index (χ4v) is 3.22.